The number of cyclic esters (lactones) is 1. The molecule has 0 radical (unpaired) electrons. The molecule has 0 N–H and O–H groups in total. The van der Waals surface area contributed by atoms with Gasteiger partial charge in [-0.15, -0.1) is 0 Å². The molecular weight excluding hydrogens is 564 g/mol. The van der Waals surface area contributed by atoms with Gasteiger partial charge < -0.3 is 38.2 Å². The highest BCUT2D eigenvalue weighted by molar-refractivity contribution is 5.91. The lowest BCUT2D eigenvalue weighted by molar-refractivity contribution is 0.0221. The van der Waals surface area contributed by atoms with Crippen LogP contribution in [0, 0.1) is 6.92 Å². The summed E-state index contributed by atoms with van der Waals surface area (Å²) in [6, 6.07) is 6.93. The summed E-state index contributed by atoms with van der Waals surface area (Å²) in [5.41, 5.74) is 2.94. The van der Waals surface area contributed by atoms with Crippen molar-refractivity contribution in [3.05, 3.63) is 46.5 Å². The zero-order valence-electron chi connectivity index (χ0n) is 26.9. The van der Waals surface area contributed by atoms with Crippen LogP contribution in [0.25, 0.3) is 0 Å². The maximum absolute atomic E-state index is 13.4. The highest BCUT2D eigenvalue weighted by Crippen LogP contribution is 2.38. The molecular formula is C34H48N2O8. The second kappa shape index (κ2) is 16.5. The maximum atomic E-state index is 13.4. The first kappa shape index (κ1) is 33.4. The van der Waals surface area contributed by atoms with Gasteiger partial charge in [0.05, 0.1) is 45.7 Å². The Morgan fingerprint density at radius 3 is 2.14 bits per heavy atom. The van der Waals surface area contributed by atoms with E-state index in [1.54, 1.807) is 18.2 Å². The summed E-state index contributed by atoms with van der Waals surface area (Å²) < 4.78 is 34.3. The Hall–Kier alpha value is -3.50. The minimum Gasteiger partial charge on any atom is -0.493 e. The molecule has 0 spiro atoms. The lowest BCUT2D eigenvalue weighted by atomic mass is 10.0. The summed E-state index contributed by atoms with van der Waals surface area (Å²) in [5, 5.41) is 0. The second-order valence-corrected chi connectivity index (χ2v) is 11.4. The standard InChI is InChI=1S/C34H48N2O8/c1-6-25-20-26-21-29(24(25)2)42-18-7-10-28(44-34(38)27-22-30(39-3)32(41-5)31(23-27)40-4)11-15-36-13-8-12-35(16-17-36)14-9-19-43-33(26)37/h20-23,28H,6-19H2,1-5H3/t28-/m1/s1. The van der Waals surface area contributed by atoms with E-state index in [1.165, 1.54) is 21.3 Å². The molecule has 1 fully saturated rings. The molecule has 10 nitrogen and oxygen atoms in total. The Balaban J connectivity index is 1.53. The molecule has 0 amide bonds. The van der Waals surface area contributed by atoms with E-state index in [-0.39, 0.29) is 12.1 Å². The Kier molecular flexibility index (Phi) is 12.6. The first-order valence-corrected chi connectivity index (χ1v) is 15.8. The number of carbonyl (C=O) groups is 2. The molecule has 4 bridgehead atoms. The van der Waals surface area contributed by atoms with Gasteiger partial charge in [0, 0.05) is 26.2 Å². The average molecular weight is 613 g/mol. The van der Waals surface area contributed by atoms with E-state index < -0.39 is 5.97 Å². The smallest absolute Gasteiger partial charge is 0.338 e. The van der Waals surface area contributed by atoms with Crippen LogP contribution in [0.1, 0.15) is 70.9 Å². The van der Waals surface area contributed by atoms with Gasteiger partial charge in [-0.1, -0.05) is 6.92 Å². The molecule has 2 aromatic carbocycles. The Labute approximate surface area is 261 Å². The normalized spacial score (nSPS) is 21.8. The SMILES string of the molecule is CCc1cc2cc(c1C)OCCC[C@@H](OC(=O)c1cc(OC)c(OC)c(OC)c1)CCN1CCCN(CCCOC2=O)CC1. The van der Waals surface area contributed by atoms with Crippen molar-refractivity contribution in [2.24, 2.45) is 0 Å². The van der Waals surface area contributed by atoms with Crippen LogP contribution >= 0.6 is 0 Å². The number of rotatable bonds is 6. The molecule has 2 aliphatic rings. The van der Waals surface area contributed by atoms with E-state index in [4.69, 9.17) is 28.4 Å². The molecule has 1 saturated heterocycles. The number of hydrogen-bond donors (Lipinski definition) is 0. The van der Waals surface area contributed by atoms with E-state index in [9.17, 15) is 9.59 Å². The van der Waals surface area contributed by atoms with Gasteiger partial charge in [-0.25, -0.2) is 9.59 Å². The number of benzene rings is 2. The lowest BCUT2D eigenvalue weighted by Gasteiger charge is -2.25. The van der Waals surface area contributed by atoms with Crippen molar-refractivity contribution in [1.29, 1.82) is 0 Å². The third kappa shape index (κ3) is 8.79. The van der Waals surface area contributed by atoms with Gasteiger partial charge in [0.2, 0.25) is 5.75 Å². The van der Waals surface area contributed by atoms with Crippen molar-refractivity contribution < 1.29 is 38.0 Å². The number of esters is 2. The van der Waals surface area contributed by atoms with Crippen LogP contribution in [0.15, 0.2) is 24.3 Å². The zero-order valence-corrected chi connectivity index (χ0v) is 26.9. The topological polar surface area (TPSA) is 96.0 Å². The summed E-state index contributed by atoms with van der Waals surface area (Å²) in [6.07, 6.45) is 4.37. The third-order valence-electron chi connectivity index (χ3n) is 8.49. The van der Waals surface area contributed by atoms with Gasteiger partial charge in [0.25, 0.3) is 0 Å². The van der Waals surface area contributed by atoms with Gasteiger partial charge >= 0.3 is 11.9 Å². The van der Waals surface area contributed by atoms with E-state index in [0.29, 0.717) is 66.6 Å². The summed E-state index contributed by atoms with van der Waals surface area (Å²) in [4.78, 5) is 31.2. The molecule has 2 heterocycles. The molecule has 0 aliphatic carbocycles. The average Bonchev–Trinajstić information content (AvgIpc) is 3.27. The monoisotopic (exact) mass is 612 g/mol. The minimum atomic E-state index is -0.440. The van der Waals surface area contributed by atoms with E-state index >= 15 is 0 Å². The number of carbonyl (C=O) groups excluding carboxylic acids is 2. The van der Waals surface area contributed by atoms with Crippen LogP contribution in [0.2, 0.25) is 0 Å². The van der Waals surface area contributed by atoms with Crippen LogP contribution in [0.5, 0.6) is 23.0 Å². The van der Waals surface area contributed by atoms with Crippen molar-refractivity contribution in [2.45, 2.75) is 58.5 Å². The van der Waals surface area contributed by atoms with Gasteiger partial charge in [0.15, 0.2) is 11.5 Å². The molecule has 242 valence electrons. The minimum absolute atomic E-state index is 0.305. The number of fused-ring (bicyclic) bond motifs is 5. The zero-order chi connectivity index (χ0) is 31.5. The van der Waals surface area contributed by atoms with Crippen molar-refractivity contribution in [3.63, 3.8) is 0 Å². The first-order chi connectivity index (χ1) is 21.4. The second-order valence-electron chi connectivity index (χ2n) is 11.4. The summed E-state index contributed by atoms with van der Waals surface area (Å²) >= 11 is 0. The number of ether oxygens (including phenoxy) is 6. The molecule has 4 rings (SSSR count). The first-order valence-electron chi connectivity index (χ1n) is 15.8. The molecule has 0 saturated carbocycles. The predicted octanol–water partition coefficient (Wildman–Crippen LogP) is 4.93. The molecule has 2 aliphatic heterocycles. The highest BCUT2D eigenvalue weighted by Gasteiger charge is 2.23. The van der Waals surface area contributed by atoms with Gasteiger partial charge in [-0.3, -0.25) is 0 Å². The summed E-state index contributed by atoms with van der Waals surface area (Å²) in [6.45, 7) is 10.5. The van der Waals surface area contributed by atoms with Gasteiger partial charge in [-0.05, 0) is 93.9 Å². The van der Waals surface area contributed by atoms with Crippen LogP contribution in [-0.2, 0) is 15.9 Å². The predicted molar refractivity (Wildman–Crippen MR) is 168 cm³/mol. The fourth-order valence-electron chi connectivity index (χ4n) is 5.89. The largest absolute Gasteiger partial charge is 0.493 e. The summed E-state index contributed by atoms with van der Waals surface area (Å²) in [5.74, 6) is 1.15. The van der Waals surface area contributed by atoms with Crippen LogP contribution < -0.4 is 18.9 Å². The number of methoxy groups -OCH3 is 3. The quantitative estimate of drug-likeness (QED) is 0.418. The highest BCUT2D eigenvalue weighted by atomic mass is 16.5. The van der Waals surface area contributed by atoms with Crippen molar-refractivity contribution in [3.8, 4) is 23.0 Å². The molecule has 2 aromatic rings. The van der Waals surface area contributed by atoms with Crippen LogP contribution in [-0.4, -0.2) is 102 Å². The van der Waals surface area contributed by atoms with Crippen molar-refractivity contribution in [1.82, 2.24) is 9.80 Å². The van der Waals surface area contributed by atoms with Crippen molar-refractivity contribution in [2.75, 3.05) is 73.8 Å². The summed E-state index contributed by atoms with van der Waals surface area (Å²) in [7, 11) is 4.57. The van der Waals surface area contributed by atoms with E-state index in [2.05, 4.69) is 16.7 Å². The maximum Gasteiger partial charge on any atom is 0.338 e. The van der Waals surface area contributed by atoms with Crippen LogP contribution in [0.3, 0.4) is 0 Å². The van der Waals surface area contributed by atoms with Crippen molar-refractivity contribution >= 4 is 11.9 Å². The van der Waals surface area contributed by atoms with E-state index in [0.717, 1.165) is 69.7 Å². The van der Waals surface area contributed by atoms with Crippen LogP contribution in [0.4, 0.5) is 0 Å². The third-order valence-corrected chi connectivity index (χ3v) is 8.49. The molecule has 2 unspecified atom stereocenters. The molecule has 10 heteroatoms. The Morgan fingerprint density at radius 1 is 0.818 bits per heavy atom. The van der Waals surface area contributed by atoms with E-state index in [1.807, 2.05) is 13.0 Å². The number of aryl methyl sites for hydroxylation is 1. The fraction of sp³-hybridized carbons (Fsp3) is 0.588. The lowest BCUT2D eigenvalue weighted by Crippen LogP contribution is -2.34. The Bertz CT molecular complexity index is 1240. The number of nitrogens with zero attached hydrogens (tertiary/aromatic N) is 2. The molecule has 0 aromatic heterocycles. The fourth-order valence-corrected chi connectivity index (χ4v) is 5.89. The Morgan fingerprint density at radius 2 is 1.48 bits per heavy atom. The van der Waals surface area contributed by atoms with Gasteiger partial charge in [0.1, 0.15) is 11.9 Å². The van der Waals surface area contributed by atoms with Gasteiger partial charge in [-0.2, -0.15) is 0 Å². The molecule has 3 atom stereocenters. The number of hydrogen-bond acceptors (Lipinski definition) is 10. The molecule has 44 heavy (non-hydrogen) atoms.